The standard InChI is InChI=1S/C14H22ClN/c1-13(15)10-12-16(2)11-6-9-14-7-4-3-5-8-14/h3-5,7-8,13H,6,9-12H2,1-2H3. The molecule has 1 nitrogen and oxygen atoms in total. The third kappa shape index (κ3) is 6.14. The van der Waals surface area contributed by atoms with E-state index in [4.69, 9.17) is 11.6 Å². The molecule has 2 heteroatoms. The highest BCUT2D eigenvalue weighted by Gasteiger charge is 2.01. The lowest BCUT2D eigenvalue weighted by atomic mass is 10.1. The summed E-state index contributed by atoms with van der Waals surface area (Å²) >= 11 is 5.93. The molecule has 0 fully saturated rings. The summed E-state index contributed by atoms with van der Waals surface area (Å²) in [6.45, 7) is 4.30. The van der Waals surface area contributed by atoms with Gasteiger partial charge in [-0.05, 0) is 51.9 Å². The molecule has 0 aromatic heterocycles. The molecule has 0 aliphatic rings. The van der Waals surface area contributed by atoms with E-state index in [0.29, 0.717) is 0 Å². The van der Waals surface area contributed by atoms with Gasteiger partial charge in [0.25, 0.3) is 0 Å². The van der Waals surface area contributed by atoms with E-state index >= 15 is 0 Å². The Bertz CT molecular complexity index is 271. The predicted octanol–water partition coefficient (Wildman–Crippen LogP) is 3.57. The van der Waals surface area contributed by atoms with Crippen LogP contribution in [-0.2, 0) is 6.42 Å². The van der Waals surface area contributed by atoms with Crippen LogP contribution in [0.1, 0.15) is 25.3 Å². The van der Waals surface area contributed by atoms with Crippen LogP contribution in [0.15, 0.2) is 30.3 Å². The van der Waals surface area contributed by atoms with E-state index in [-0.39, 0.29) is 5.38 Å². The molecule has 16 heavy (non-hydrogen) atoms. The molecule has 1 atom stereocenters. The van der Waals surface area contributed by atoms with Crippen LogP contribution in [0.4, 0.5) is 0 Å². The number of alkyl halides is 1. The van der Waals surface area contributed by atoms with Crippen LogP contribution in [0, 0.1) is 0 Å². The molecule has 0 amide bonds. The summed E-state index contributed by atoms with van der Waals surface area (Å²) in [4.78, 5) is 2.36. The van der Waals surface area contributed by atoms with E-state index in [1.807, 2.05) is 0 Å². The zero-order chi connectivity index (χ0) is 11.8. The van der Waals surface area contributed by atoms with Crippen LogP contribution in [0.2, 0.25) is 0 Å². The van der Waals surface area contributed by atoms with Crippen LogP contribution < -0.4 is 0 Å². The van der Waals surface area contributed by atoms with Gasteiger partial charge in [0.2, 0.25) is 0 Å². The van der Waals surface area contributed by atoms with Gasteiger partial charge < -0.3 is 4.90 Å². The maximum Gasteiger partial charge on any atom is 0.0320 e. The fourth-order valence-electron chi connectivity index (χ4n) is 1.71. The Balaban J connectivity index is 2.11. The lowest BCUT2D eigenvalue weighted by Crippen LogP contribution is -2.22. The Morgan fingerprint density at radius 2 is 1.88 bits per heavy atom. The van der Waals surface area contributed by atoms with Gasteiger partial charge >= 0.3 is 0 Å². The van der Waals surface area contributed by atoms with Crippen LogP contribution in [0.3, 0.4) is 0 Å². The lowest BCUT2D eigenvalue weighted by molar-refractivity contribution is 0.324. The second-order valence-electron chi connectivity index (χ2n) is 4.46. The average molecular weight is 240 g/mol. The monoisotopic (exact) mass is 239 g/mol. The number of benzene rings is 1. The van der Waals surface area contributed by atoms with Crippen molar-refractivity contribution in [2.45, 2.75) is 31.6 Å². The van der Waals surface area contributed by atoms with Gasteiger partial charge in [0, 0.05) is 5.38 Å². The van der Waals surface area contributed by atoms with Crippen molar-refractivity contribution in [2.75, 3.05) is 20.1 Å². The molecule has 0 saturated heterocycles. The molecule has 0 bridgehead atoms. The fourth-order valence-corrected chi connectivity index (χ4v) is 1.81. The van der Waals surface area contributed by atoms with E-state index in [0.717, 1.165) is 19.5 Å². The normalized spacial score (nSPS) is 13.0. The first-order valence-electron chi connectivity index (χ1n) is 6.05. The van der Waals surface area contributed by atoms with Crippen molar-refractivity contribution >= 4 is 11.6 Å². The minimum atomic E-state index is 0.288. The lowest BCUT2D eigenvalue weighted by Gasteiger charge is -2.17. The minimum Gasteiger partial charge on any atom is -0.306 e. The zero-order valence-corrected chi connectivity index (χ0v) is 11.1. The van der Waals surface area contributed by atoms with E-state index in [1.165, 1.54) is 18.4 Å². The Morgan fingerprint density at radius 1 is 1.19 bits per heavy atom. The van der Waals surface area contributed by atoms with Crippen LogP contribution in [-0.4, -0.2) is 30.4 Å². The molecule has 1 rings (SSSR count). The van der Waals surface area contributed by atoms with E-state index < -0.39 is 0 Å². The third-order valence-electron chi connectivity index (χ3n) is 2.76. The van der Waals surface area contributed by atoms with Crippen LogP contribution in [0.5, 0.6) is 0 Å². The molecule has 0 aliphatic carbocycles. The molecule has 1 unspecified atom stereocenters. The minimum absolute atomic E-state index is 0.288. The molecule has 0 heterocycles. The topological polar surface area (TPSA) is 3.24 Å². The smallest absolute Gasteiger partial charge is 0.0320 e. The predicted molar refractivity (Wildman–Crippen MR) is 72.2 cm³/mol. The summed E-state index contributed by atoms with van der Waals surface area (Å²) in [6.07, 6.45) is 3.46. The third-order valence-corrected chi connectivity index (χ3v) is 2.97. The van der Waals surface area contributed by atoms with Gasteiger partial charge in [-0.1, -0.05) is 30.3 Å². The molecular formula is C14H22ClN. The number of hydrogen-bond acceptors (Lipinski definition) is 1. The maximum atomic E-state index is 5.93. The number of hydrogen-bond donors (Lipinski definition) is 0. The first-order chi connectivity index (χ1) is 7.68. The van der Waals surface area contributed by atoms with Crippen molar-refractivity contribution in [1.82, 2.24) is 4.90 Å². The Morgan fingerprint density at radius 3 is 2.50 bits per heavy atom. The molecule has 0 radical (unpaired) electrons. The number of nitrogens with zero attached hydrogens (tertiary/aromatic N) is 1. The van der Waals surface area contributed by atoms with Crippen molar-refractivity contribution < 1.29 is 0 Å². The summed E-state index contributed by atoms with van der Waals surface area (Å²) in [5.41, 5.74) is 1.43. The summed E-state index contributed by atoms with van der Waals surface area (Å²) in [5.74, 6) is 0. The van der Waals surface area contributed by atoms with Crippen molar-refractivity contribution in [1.29, 1.82) is 0 Å². The first-order valence-corrected chi connectivity index (χ1v) is 6.48. The van der Waals surface area contributed by atoms with Gasteiger partial charge in [0.1, 0.15) is 0 Å². The molecular weight excluding hydrogens is 218 g/mol. The Labute approximate surface area is 104 Å². The van der Waals surface area contributed by atoms with Gasteiger partial charge in [-0.25, -0.2) is 0 Å². The number of rotatable bonds is 7. The molecule has 1 aromatic carbocycles. The SMILES string of the molecule is CC(Cl)CCN(C)CCCc1ccccc1. The molecule has 0 N–H and O–H groups in total. The Hall–Kier alpha value is -0.530. The first kappa shape index (κ1) is 13.5. The molecule has 1 aromatic rings. The maximum absolute atomic E-state index is 5.93. The second-order valence-corrected chi connectivity index (χ2v) is 5.21. The molecule has 0 aliphatic heterocycles. The van der Waals surface area contributed by atoms with Gasteiger partial charge in [0.05, 0.1) is 0 Å². The molecule has 0 spiro atoms. The van der Waals surface area contributed by atoms with Gasteiger partial charge in [0.15, 0.2) is 0 Å². The highest BCUT2D eigenvalue weighted by atomic mass is 35.5. The number of halogens is 1. The van der Waals surface area contributed by atoms with Crippen LogP contribution >= 0.6 is 11.6 Å². The van der Waals surface area contributed by atoms with Gasteiger partial charge in [-0.2, -0.15) is 0 Å². The summed E-state index contributed by atoms with van der Waals surface area (Å²) < 4.78 is 0. The highest BCUT2D eigenvalue weighted by Crippen LogP contribution is 2.05. The zero-order valence-electron chi connectivity index (χ0n) is 10.3. The highest BCUT2D eigenvalue weighted by molar-refractivity contribution is 6.20. The summed E-state index contributed by atoms with van der Waals surface area (Å²) in [6, 6.07) is 10.7. The van der Waals surface area contributed by atoms with E-state index in [2.05, 4.69) is 49.2 Å². The molecule has 90 valence electrons. The summed E-state index contributed by atoms with van der Waals surface area (Å²) in [7, 11) is 2.17. The quantitative estimate of drug-likeness (QED) is 0.658. The average Bonchev–Trinajstić information content (AvgIpc) is 2.28. The van der Waals surface area contributed by atoms with Gasteiger partial charge in [-0.15, -0.1) is 11.6 Å². The second kappa shape index (κ2) is 7.70. The fraction of sp³-hybridized carbons (Fsp3) is 0.571. The van der Waals surface area contributed by atoms with E-state index in [9.17, 15) is 0 Å². The van der Waals surface area contributed by atoms with Crippen molar-refractivity contribution in [3.05, 3.63) is 35.9 Å². The largest absolute Gasteiger partial charge is 0.306 e. The van der Waals surface area contributed by atoms with E-state index in [1.54, 1.807) is 0 Å². The van der Waals surface area contributed by atoms with Crippen molar-refractivity contribution in [3.8, 4) is 0 Å². The Kier molecular flexibility index (Phi) is 6.51. The molecule has 0 saturated carbocycles. The van der Waals surface area contributed by atoms with Crippen LogP contribution in [0.25, 0.3) is 0 Å². The number of aryl methyl sites for hydroxylation is 1. The van der Waals surface area contributed by atoms with Gasteiger partial charge in [-0.3, -0.25) is 0 Å². The van der Waals surface area contributed by atoms with Crippen molar-refractivity contribution in [3.63, 3.8) is 0 Å². The van der Waals surface area contributed by atoms with Crippen molar-refractivity contribution in [2.24, 2.45) is 0 Å². The summed E-state index contributed by atoms with van der Waals surface area (Å²) in [5, 5.41) is 0.288.